The number of hydrogen-bond acceptors (Lipinski definition) is 4. The Hall–Kier alpha value is -1.88. The third kappa shape index (κ3) is 6.15. The number of amides is 1. The molecule has 4 rings (SSSR count). The predicted octanol–water partition coefficient (Wildman–Crippen LogP) is 7.16. The maximum atomic E-state index is 14.6. The van der Waals surface area contributed by atoms with Crippen LogP contribution in [-0.2, 0) is 16.2 Å². The third-order valence-electron chi connectivity index (χ3n) is 6.01. The van der Waals surface area contributed by atoms with Gasteiger partial charge in [0.15, 0.2) is 5.15 Å². The minimum Gasteiger partial charge on any atom is -0.444 e. The highest BCUT2D eigenvalue weighted by Crippen LogP contribution is 2.39. The summed E-state index contributed by atoms with van der Waals surface area (Å²) in [6.45, 7) is 14.4. The topological polar surface area (TPSA) is 61.5 Å². The van der Waals surface area contributed by atoms with Gasteiger partial charge >= 0.3 is 6.09 Å². The second kappa shape index (κ2) is 10.1. The number of hydrogen-bond donors (Lipinski definition) is 0. The van der Waals surface area contributed by atoms with Crippen molar-refractivity contribution in [3.63, 3.8) is 0 Å². The Morgan fingerprint density at radius 2 is 1.92 bits per heavy atom. The Morgan fingerprint density at radius 1 is 1.22 bits per heavy atom. The minimum atomic E-state index is -1.18. The van der Waals surface area contributed by atoms with Crippen LogP contribution in [0, 0.1) is 5.82 Å². The van der Waals surface area contributed by atoms with E-state index >= 15 is 0 Å². The molecule has 11 heteroatoms. The molecule has 0 radical (unpaired) electrons. The highest BCUT2D eigenvalue weighted by atomic mass is 79.9. The fourth-order valence-electron chi connectivity index (χ4n) is 4.05. The largest absolute Gasteiger partial charge is 0.444 e. The van der Waals surface area contributed by atoms with Crippen LogP contribution in [0.1, 0.15) is 26.8 Å². The number of ether oxygens (including phenoxy) is 2. The average molecular weight is 600 g/mol. The number of nitrogens with zero attached hydrogens (tertiary/aromatic N) is 4. The van der Waals surface area contributed by atoms with Crippen molar-refractivity contribution in [2.24, 2.45) is 0 Å². The SMILES string of the molecule is CC(C)(C)OC(=O)N1CC(n2cc(-c3cn(COCC[Si](C)(C)C)nc3Cl)c3cc(Br)c(F)cc32)C1. The molecule has 1 saturated heterocycles. The summed E-state index contributed by atoms with van der Waals surface area (Å²) in [5.41, 5.74) is 1.77. The van der Waals surface area contributed by atoms with E-state index in [1.807, 2.05) is 37.7 Å². The van der Waals surface area contributed by atoms with Crippen molar-refractivity contribution in [1.82, 2.24) is 19.2 Å². The third-order valence-corrected chi connectivity index (χ3v) is 8.60. The van der Waals surface area contributed by atoms with Crippen LogP contribution in [0.5, 0.6) is 0 Å². The van der Waals surface area contributed by atoms with Gasteiger partial charge in [-0.15, -0.1) is 0 Å². The van der Waals surface area contributed by atoms with E-state index in [4.69, 9.17) is 21.1 Å². The van der Waals surface area contributed by atoms with Crippen molar-refractivity contribution in [2.45, 2.75) is 64.8 Å². The van der Waals surface area contributed by atoms with Gasteiger partial charge in [-0.1, -0.05) is 31.2 Å². The molecule has 7 nitrogen and oxygen atoms in total. The van der Waals surface area contributed by atoms with Gasteiger partial charge in [0.25, 0.3) is 0 Å². The number of carbonyl (C=O) groups is 1. The fourth-order valence-corrected chi connectivity index (χ4v) is 5.40. The summed E-state index contributed by atoms with van der Waals surface area (Å²) in [5, 5.41) is 5.63. The first-order valence-corrected chi connectivity index (χ1v) is 16.9. The lowest BCUT2D eigenvalue weighted by Crippen LogP contribution is -2.52. The molecule has 1 aliphatic rings. The lowest BCUT2D eigenvalue weighted by Gasteiger charge is -2.40. The Kier molecular flexibility index (Phi) is 7.63. The standard InChI is InChI=1S/C25H33BrClFN4O3Si/c1-25(2,3)35-24(33)30-11-16(12-30)32-14-18(17-9-20(26)21(28)10-22(17)32)19-13-31(29-23(19)27)15-34-7-8-36(4,5)6/h9-10,13-14,16H,7-8,11-12,15H2,1-6H3. The number of aromatic nitrogens is 3. The van der Waals surface area contributed by atoms with E-state index in [0.29, 0.717) is 36.1 Å². The van der Waals surface area contributed by atoms with Crippen LogP contribution in [-0.4, -0.2) is 58.7 Å². The van der Waals surface area contributed by atoms with Gasteiger partial charge in [0.2, 0.25) is 0 Å². The van der Waals surface area contributed by atoms with Crippen molar-refractivity contribution >= 4 is 52.6 Å². The quantitative estimate of drug-likeness (QED) is 0.213. The minimum absolute atomic E-state index is 0.00642. The van der Waals surface area contributed by atoms with E-state index in [-0.39, 0.29) is 18.0 Å². The van der Waals surface area contributed by atoms with Crippen LogP contribution in [0.4, 0.5) is 9.18 Å². The molecule has 0 N–H and O–H groups in total. The lowest BCUT2D eigenvalue weighted by molar-refractivity contribution is 0.00158. The molecule has 1 fully saturated rings. The van der Waals surface area contributed by atoms with Crippen molar-refractivity contribution < 1.29 is 18.7 Å². The van der Waals surface area contributed by atoms with Crippen LogP contribution in [0.15, 0.2) is 29.0 Å². The Balaban J connectivity index is 1.58. The molecule has 0 saturated carbocycles. The zero-order chi connectivity index (χ0) is 26.4. The molecule has 0 atom stereocenters. The molecule has 3 aromatic rings. The number of fused-ring (bicyclic) bond motifs is 1. The van der Waals surface area contributed by atoms with Gasteiger partial charge in [0, 0.05) is 56.7 Å². The van der Waals surface area contributed by atoms with Gasteiger partial charge in [-0.3, -0.25) is 0 Å². The summed E-state index contributed by atoms with van der Waals surface area (Å²) in [6, 6.07) is 4.34. The molecular weight excluding hydrogens is 567 g/mol. The zero-order valence-corrected chi connectivity index (χ0v) is 24.9. The molecule has 0 aliphatic carbocycles. The number of halogens is 3. The number of benzene rings is 1. The summed E-state index contributed by atoms with van der Waals surface area (Å²) >= 11 is 9.87. The van der Waals surface area contributed by atoms with E-state index in [9.17, 15) is 9.18 Å². The highest BCUT2D eigenvalue weighted by molar-refractivity contribution is 9.10. The summed E-state index contributed by atoms with van der Waals surface area (Å²) in [4.78, 5) is 14.1. The molecular formula is C25H33BrClFN4O3Si. The van der Waals surface area contributed by atoms with Crippen LogP contribution < -0.4 is 0 Å². The van der Waals surface area contributed by atoms with Crippen molar-refractivity contribution in [2.75, 3.05) is 19.7 Å². The first-order chi connectivity index (χ1) is 16.7. The van der Waals surface area contributed by atoms with Gasteiger partial charge in [-0.05, 0) is 54.9 Å². The van der Waals surface area contributed by atoms with Gasteiger partial charge in [-0.25, -0.2) is 13.9 Å². The van der Waals surface area contributed by atoms with Gasteiger partial charge < -0.3 is 18.9 Å². The van der Waals surface area contributed by atoms with E-state index in [1.165, 1.54) is 6.07 Å². The van der Waals surface area contributed by atoms with Crippen molar-refractivity contribution in [3.8, 4) is 11.1 Å². The first-order valence-electron chi connectivity index (χ1n) is 12.0. The van der Waals surface area contributed by atoms with E-state index in [2.05, 4.69) is 40.7 Å². The summed E-state index contributed by atoms with van der Waals surface area (Å²) in [6.07, 6.45) is 3.48. The second-order valence-electron chi connectivity index (χ2n) is 11.5. The molecule has 1 amide bonds. The average Bonchev–Trinajstić information content (AvgIpc) is 3.23. The van der Waals surface area contributed by atoms with Crippen molar-refractivity contribution in [1.29, 1.82) is 0 Å². The van der Waals surface area contributed by atoms with Gasteiger partial charge in [0.05, 0.1) is 16.0 Å². The van der Waals surface area contributed by atoms with Crippen LogP contribution in [0.2, 0.25) is 30.8 Å². The molecule has 0 spiro atoms. The Morgan fingerprint density at radius 3 is 2.56 bits per heavy atom. The first kappa shape index (κ1) is 27.2. The molecule has 0 bridgehead atoms. The molecule has 1 aliphatic heterocycles. The number of likely N-dealkylation sites (tertiary alicyclic amines) is 1. The van der Waals surface area contributed by atoms with E-state index in [0.717, 1.165) is 28.1 Å². The van der Waals surface area contributed by atoms with E-state index in [1.54, 1.807) is 15.6 Å². The van der Waals surface area contributed by atoms with Crippen LogP contribution in [0.25, 0.3) is 22.0 Å². The predicted molar refractivity (Wildman–Crippen MR) is 147 cm³/mol. The van der Waals surface area contributed by atoms with E-state index < -0.39 is 13.7 Å². The fraction of sp³-hybridized carbons (Fsp3) is 0.520. The molecule has 196 valence electrons. The number of rotatable bonds is 7. The summed E-state index contributed by atoms with van der Waals surface area (Å²) in [5.74, 6) is -0.352. The van der Waals surface area contributed by atoms with Gasteiger partial charge in [-0.2, -0.15) is 5.10 Å². The molecule has 36 heavy (non-hydrogen) atoms. The molecule has 1 aromatic carbocycles. The second-order valence-corrected chi connectivity index (χ2v) is 18.3. The Labute approximate surface area is 225 Å². The lowest BCUT2D eigenvalue weighted by atomic mass is 10.1. The van der Waals surface area contributed by atoms with Crippen LogP contribution >= 0.6 is 27.5 Å². The monoisotopic (exact) mass is 598 g/mol. The van der Waals surface area contributed by atoms with Crippen molar-refractivity contribution in [3.05, 3.63) is 40.0 Å². The summed E-state index contributed by atoms with van der Waals surface area (Å²) in [7, 11) is -1.18. The highest BCUT2D eigenvalue weighted by Gasteiger charge is 2.36. The number of carbonyl (C=O) groups excluding carboxylic acids is 1. The van der Waals surface area contributed by atoms with Crippen LogP contribution in [0.3, 0.4) is 0 Å². The van der Waals surface area contributed by atoms with Gasteiger partial charge in [0.1, 0.15) is 18.1 Å². The molecule has 2 aromatic heterocycles. The normalized spacial score (nSPS) is 15.0. The summed E-state index contributed by atoms with van der Waals surface area (Å²) < 4.78 is 29.9. The Bertz CT molecular complexity index is 1280. The molecule has 3 heterocycles. The maximum absolute atomic E-state index is 14.6. The zero-order valence-electron chi connectivity index (χ0n) is 21.6. The smallest absolute Gasteiger partial charge is 0.410 e. The maximum Gasteiger partial charge on any atom is 0.410 e. The molecule has 0 unspecified atom stereocenters.